The number of hydrogen-bond donors (Lipinski definition) is 0. The summed E-state index contributed by atoms with van der Waals surface area (Å²) < 4.78 is 10.3. The van der Waals surface area contributed by atoms with Crippen LogP contribution in [-0.2, 0) is 0 Å². The minimum absolute atomic E-state index is 0.852. The summed E-state index contributed by atoms with van der Waals surface area (Å²) in [6.07, 6.45) is 3.77. The Balaban J connectivity index is 1.47. The summed E-state index contributed by atoms with van der Waals surface area (Å²) in [5.74, 6) is 1.70. The van der Waals surface area contributed by atoms with Gasteiger partial charge in [0, 0.05) is 0 Å². The highest BCUT2D eigenvalue weighted by atomic mass is 16.5. The molecule has 0 amide bonds. The van der Waals surface area contributed by atoms with E-state index in [4.69, 9.17) is 9.47 Å². The van der Waals surface area contributed by atoms with Crippen molar-refractivity contribution >= 4 is 12.4 Å². The molecule has 26 heavy (non-hydrogen) atoms. The molecular formula is C20H24N4O2. The van der Waals surface area contributed by atoms with Crippen molar-refractivity contribution in [2.75, 3.05) is 40.4 Å². The fourth-order valence-corrected chi connectivity index (χ4v) is 2.59. The van der Waals surface area contributed by atoms with Crippen molar-refractivity contribution in [3.8, 4) is 11.5 Å². The Morgan fingerprint density at radius 2 is 1.00 bits per heavy atom. The van der Waals surface area contributed by atoms with Crippen LogP contribution < -0.4 is 9.47 Å². The van der Waals surface area contributed by atoms with Gasteiger partial charge >= 0.3 is 0 Å². The predicted octanol–water partition coefficient (Wildman–Crippen LogP) is 2.69. The zero-order valence-corrected chi connectivity index (χ0v) is 15.2. The van der Waals surface area contributed by atoms with Crippen LogP contribution in [0.4, 0.5) is 0 Å². The molecule has 0 N–H and O–H groups in total. The number of piperazine rings is 1. The standard InChI is InChI=1S/C20H24N4O2/c1-25-19-7-3-17(4-8-19)15-21-23-11-13-24(14-12-23)22-16-18-5-9-20(26-2)10-6-18/h3-10,15-16H,11-14H2,1-2H3/b21-15+,22-16+. The maximum absolute atomic E-state index is 5.16. The number of rotatable bonds is 6. The molecule has 0 aliphatic carbocycles. The first-order valence-corrected chi connectivity index (χ1v) is 8.63. The van der Waals surface area contributed by atoms with Gasteiger partial charge in [0.1, 0.15) is 11.5 Å². The monoisotopic (exact) mass is 352 g/mol. The van der Waals surface area contributed by atoms with Crippen LogP contribution in [0.1, 0.15) is 11.1 Å². The molecule has 1 saturated heterocycles. The topological polar surface area (TPSA) is 49.7 Å². The van der Waals surface area contributed by atoms with Crippen LogP contribution in [-0.4, -0.2) is 62.8 Å². The van der Waals surface area contributed by atoms with Crippen LogP contribution in [0, 0.1) is 0 Å². The van der Waals surface area contributed by atoms with Crippen LogP contribution in [0.3, 0.4) is 0 Å². The summed E-state index contributed by atoms with van der Waals surface area (Å²) in [4.78, 5) is 0. The third-order valence-electron chi connectivity index (χ3n) is 4.20. The van der Waals surface area contributed by atoms with Crippen LogP contribution in [0.2, 0.25) is 0 Å². The van der Waals surface area contributed by atoms with E-state index in [-0.39, 0.29) is 0 Å². The molecule has 2 aromatic carbocycles. The van der Waals surface area contributed by atoms with E-state index in [1.807, 2.05) is 61.0 Å². The number of benzene rings is 2. The predicted molar refractivity (Wildman–Crippen MR) is 104 cm³/mol. The maximum atomic E-state index is 5.16. The fourth-order valence-electron chi connectivity index (χ4n) is 2.59. The second-order valence-electron chi connectivity index (χ2n) is 5.94. The molecule has 0 spiro atoms. The first-order chi connectivity index (χ1) is 12.8. The molecule has 0 atom stereocenters. The number of ether oxygens (including phenoxy) is 2. The Labute approximate surface area is 154 Å². The van der Waals surface area contributed by atoms with Crippen molar-refractivity contribution in [3.05, 3.63) is 59.7 Å². The van der Waals surface area contributed by atoms with E-state index in [9.17, 15) is 0 Å². The summed E-state index contributed by atoms with van der Waals surface area (Å²) in [5.41, 5.74) is 2.12. The van der Waals surface area contributed by atoms with Gasteiger partial charge < -0.3 is 9.47 Å². The van der Waals surface area contributed by atoms with Gasteiger partial charge in [0.25, 0.3) is 0 Å². The van der Waals surface area contributed by atoms with Crippen LogP contribution >= 0.6 is 0 Å². The van der Waals surface area contributed by atoms with Crippen molar-refractivity contribution in [1.29, 1.82) is 0 Å². The van der Waals surface area contributed by atoms with Gasteiger partial charge in [-0.25, -0.2) is 0 Å². The Bertz CT molecular complexity index is 668. The number of methoxy groups -OCH3 is 2. The Hall–Kier alpha value is -3.02. The number of nitrogens with zero attached hydrogens (tertiary/aromatic N) is 4. The molecule has 1 aliphatic heterocycles. The number of hydrazone groups is 2. The molecular weight excluding hydrogens is 328 g/mol. The third-order valence-corrected chi connectivity index (χ3v) is 4.20. The maximum Gasteiger partial charge on any atom is 0.118 e. The first kappa shape index (κ1) is 17.8. The average molecular weight is 352 g/mol. The molecule has 1 heterocycles. The highest BCUT2D eigenvalue weighted by molar-refractivity contribution is 5.80. The van der Waals surface area contributed by atoms with Gasteiger partial charge in [0.2, 0.25) is 0 Å². The highest BCUT2D eigenvalue weighted by Gasteiger charge is 2.12. The molecule has 0 bridgehead atoms. The first-order valence-electron chi connectivity index (χ1n) is 8.63. The molecule has 2 aromatic rings. The zero-order valence-electron chi connectivity index (χ0n) is 15.2. The Morgan fingerprint density at radius 1 is 0.654 bits per heavy atom. The molecule has 0 aromatic heterocycles. The summed E-state index contributed by atoms with van der Waals surface area (Å²) in [7, 11) is 3.33. The summed E-state index contributed by atoms with van der Waals surface area (Å²) in [6.45, 7) is 3.42. The van der Waals surface area contributed by atoms with Crippen molar-refractivity contribution < 1.29 is 9.47 Å². The largest absolute Gasteiger partial charge is 0.497 e. The van der Waals surface area contributed by atoms with Gasteiger partial charge in [-0.15, -0.1) is 0 Å². The minimum Gasteiger partial charge on any atom is -0.497 e. The minimum atomic E-state index is 0.852. The molecule has 0 saturated carbocycles. The van der Waals surface area contributed by atoms with E-state index < -0.39 is 0 Å². The molecule has 6 nitrogen and oxygen atoms in total. The molecule has 6 heteroatoms. The van der Waals surface area contributed by atoms with E-state index in [0.29, 0.717) is 0 Å². The van der Waals surface area contributed by atoms with Gasteiger partial charge in [-0.1, -0.05) is 0 Å². The zero-order chi connectivity index (χ0) is 18.2. The lowest BCUT2D eigenvalue weighted by Gasteiger charge is -2.31. The van der Waals surface area contributed by atoms with Gasteiger partial charge in [-0.05, 0) is 59.7 Å². The summed E-state index contributed by atoms with van der Waals surface area (Å²) >= 11 is 0. The quantitative estimate of drug-likeness (QED) is 0.750. The van der Waals surface area contributed by atoms with Crippen LogP contribution in [0.15, 0.2) is 58.7 Å². The lowest BCUT2D eigenvalue weighted by Crippen LogP contribution is -2.41. The van der Waals surface area contributed by atoms with Crippen molar-refractivity contribution in [2.45, 2.75) is 0 Å². The van der Waals surface area contributed by atoms with Crippen molar-refractivity contribution in [2.24, 2.45) is 10.2 Å². The molecule has 136 valence electrons. The lowest BCUT2D eigenvalue weighted by molar-refractivity contribution is 0.141. The molecule has 0 unspecified atom stereocenters. The summed E-state index contributed by atoms with van der Waals surface area (Å²) in [5, 5.41) is 13.3. The third kappa shape index (κ3) is 4.99. The lowest BCUT2D eigenvalue weighted by atomic mass is 10.2. The van der Waals surface area contributed by atoms with E-state index in [0.717, 1.165) is 48.8 Å². The van der Waals surface area contributed by atoms with Crippen LogP contribution in [0.5, 0.6) is 11.5 Å². The van der Waals surface area contributed by atoms with Gasteiger partial charge in [-0.2, -0.15) is 10.2 Å². The SMILES string of the molecule is COc1ccc(/C=N/N2CCN(/N=C/c3ccc(OC)cc3)CC2)cc1. The Morgan fingerprint density at radius 3 is 1.31 bits per heavy atom. The summed E-state index contributed by atoms with van der Waals surface area (Å²) in [6, 6.07) is 15.7. The van der Waals surface area contributed by atoms with Crippen molar-refractivity contribution in [1.82, 2.24) is 10.0 Å². The second-order valence-corrected chi connectivity index (χ2v) is 5.94. The van der Waals surface area contributed by atoms with Gasteiger partial charge in [0.15, 0.2) is 0 Å². The van der Waals surface area contributed by atoms with E-state index in [1.54, 1.807) is 14.2 Å². The normalized spacial score (nSPS) is 15.0. The van der Waals surface area contributed by atoms with E-state index in [1.165, 1.54) is 0 Å². The van der Waals surface area contributed by atoms with Gasteiger partial charge in [0.05, 0.1) is 52.8 Å². The highest BCUT2D eigenvalue weighted by Crippen LogP contribution is 2.11. The molecule has 1 fully saturated rings. The van der Waals surface area contributed by atoms with Gasteiger partial charge in [-0.3, -0.25) is 10.0 Å². The number of hydrogen-bond acceptors (Lipinski definition) is 6. The second kappa shape index (κ2) is 8.89. The molecule has 1 aliphatic rings. The van der Waals surface area contributed by atoms with Crippen LogP contribution in [0.25, 0.3) is 0 Å². The Kier molecular flexibility index (Phi) is 6.09. The van der Waals surface area contributed by atoms with E-state index >= 15 is 0 Å². The smallest absolute Gasteiger partial charge is 0.118 e. The van der Waals surface area contributed by atoms with E-state index in [2.05, 4.69) is 20.2 Å². The molecule has 0 radical (unpaired) electrons. The molecule has 3 rings (SSSR count). The van der Waals surface area contributed by atoms with Crippen molar-refractivity contribution in [3.63, 3.8) is 0 Å². The fraction of sp³-hybridized carbons (Fsp3) is 0.300. The average Bonchev–Trinajstić information content (AvgIpc) is 2.72.